The number of hydrogen-bond acceptors (Lipinski definition) is 4. The van der Waals surface area contributed by atoms with Crippen LogP contribution in [-0.2, 0) is 6.42 Å². The second-order valence-corrected chi connectivity index (χ2v) is 6.79. The van der Waals surface area contributed by atoms with Crippen LogP contribution in [0.4, 0.5) is 0 Å². The van der Waals surface area contributed by atoms with Crippen LogP contribution in [0, 0.1) is 6.92 Å². The first-order valence-corrected chi connectivity index (χ1v) is 9.01. The van der Waals surface area contributed by atoms with Gasteiger partial charge in [-0.25, -0.2) is 4.68 Å². The summed E-state index contributed by atoms with van der Waals surface area (Å²) in [6.07, 6.45) is 1.22. The molecule has 0 aliphatic heterocycles. The van der Waals surface area contributed by atoms with Gasteiger partial charge >= 0.3 is 0 Å². The van der Waals surface area contributed by atoms with Crippen molar-refractivity contribution >= 4 is 5.78 Å². The minimum absolute atomic E-state index is 0.0780. The van der Waals surface area contributed by atoms with E-state index < -0.39 is 0 Å². The van der Waals surface area contributed by atoms with Crippen molar-refractivity contribution in [3.8, 4) is 17.2 Å². The Morgan fingerprint density at radius 2 is 1.74 bits per heavy atom. The van der Waals surface area contributed by atoms with Gasteiger partial charge in [0.05, 0.1) is 36.9 Å². The predicted octanol–water partition coefficient (Wildman–Crippen LogP) is 4.11. The molecule has 0 radical (unpaired) electrons. The molecule has 0 amide bonds. The molecule has 0 saturated heterocycles. The Morgan fingerprint density at radius 3 is 2.44 bits per heavy atom. The zero-order valence-electron chi connectivity index (χ0n) is 15.7. The Morgan fingerprint density at radius 1 is 1.00 bits per heavy atom. The summed E-state index contributed by atoms with van der Waals surface area (Å²) in [5.41, 5.74) is 4.50. The molecule has 5 heteroatoms. The van der Waals surface area contributed by atoms with E-state index in [1.165, 1.54) is 0 Å². The lowest BCUT2D eigenvalue weighted by atomic mass is 9.81. The van der Waals surface area contributed by atoms with Crippen molar-refractivity contribution in [2.24, 2.45) is 0 Å². The summed E-state index contributed by atoms with van der Waals surface area (Å²) in [6, 6.07) is 15.7. The maximum absolute atomic E-state index is 12.9. The van der Waals surface area contributed by atoms with Crippen molar-refractivity contribution in [3.63, 3.8) is 0 Å². The number of ketones is 1. The van der Waals surface area contributed by atoms with Gasteiger partial charge in [0, 0.05) is 12.3 Å². The van der Waals surface area contributed by atoms with E-state index in [-0.39, 0.29) is 11.7 Å². The number of aromatic nitrogens is 2. The number of methoxy groups -OCH3 is 2. The molecule has 3 aromatic rings. The largest absolute Gasteiger partial charge is 0.497 e. The summed E-state index contributed by atoms with van der Waals surface area (Å²) in [4.78, 5) is 12.9. The summed E-state index contributed by atoms with van der Waals surface area (Å²) in [7, 11) is 3.31. The molecule has 0 fully saturated rings. The van der Waals surface area contributed by atoms with Crippen molar-refractivity contribution < 1.29 is 14.3 Å². The Hall–Kier alpha value is -3.08. The van der Waals surface area contributed by atoms with E-state index in [9.17, 15) is 4.79 Å². The molecule has 27 heavy (non-hydrogen) atoms. The van der Waals surface area contributed by atoms with Crippen LogP contribution >= 0.6 is 0 Å². The first kappa shape index (κ1) is 17.3. The second kappa shape index (κ2) is 6.91. The molecular weight excluding hydrogens is 340 g/mol. The first-order valence-electron chi connectivity index (χ1n) is 9.01. The molecule has 4 rings (SSSR count). The number of ether oxygens (including phenoxy) is 2. The van der Waals surface area contributed by atoms with Crippen molar-refractivity contribution in [1.82, 2.24) is 9.78 Å². The average molecular weight is 362 g/mol. The Labute approximate surface area is 158 Å². The average Bonchev–Trinajstić information content (AvgIpc) is 3.05. The fraction of sp³-hybridized carbons (Fsp3) is 0.273. The number of aryl methyl sites for hydroxylation is 1. The zero-order valence-corrected chi connectivity index (χ0v) is 15.7. The summed E-state index contributed by atoms with van der Waals surface area (Å²) in [5, 5.41) is 4.66. The Kier molecular flexibility index (Phi) is 4.44. The number of para-hydroxylation sites is 1. The summed E-state index contributed by atoms with van der Waals surface area (Å²) in [6.45, 7) is 1.90. The third kappa shape index (κ3) is 2.99. The normalized spacial score (nSPS) is 16.1. The highest BCUT2D eigenvalue weighted by Gasteiger charge is 2.33. The first-order chi connectivity index (χ1) is 13.1. The highest BCUT2D eigenvalue weighted by atomic mass is 16.5. The molecule has 1 aliphatic rings. The Balaban J connectivity index is 1.78. The molecule has 1 heterocycles. The van der Waals surface area contributed by atoms with Crippen LogP contribution in [0.2, 0.25) is 0 Å². The molecule has 2 aromatic carbocycles. The van der Waals surface area contributed by atoms with Gasteiger partial charge in [-0.2, -0.15) is 5.10 Å². The van der Waals surface area contributed by atoms with Crippen molar-refractivity contribution in [3.05, 3.63) is 71.0 Å². The van der Waals surface area contributed by atoms with Crippen molar-refractivity contribution in [2.75, 3.05) is 14.2 Å². The Bertz CT molecular complexity index is 989. The highest BCUT2D eigenvalue weighted by Crippen LogP contribution is 2.38. The molecule has 1 atom stereocenters. The van der Waals surface area contributed by atoms with E-state index in [1.54, 1.807) is 14.2 Å². The van der Waals surface area contributed by atoms with Crippen LogP contribution in [-0.4, -0.2) is 29.8 Å². The number of carbonyl (C=O) groups excluding carboxylic acids is 1. The fourth-order valence-electron chi connectivity index (χ4n) is 3.92. The number of nitrogens with zero attached hydrogens (tertiary/aromatic N) is 2. The lowest BCUT2D eigenvalue weighted by Gasteiger charge is -2.24. The molecule has 0 saturated carbocycles. The van der Waals surface area contributed by atoms with Gasteiger partial charge in [-0.05, 0) is 49.2 Å². The monoisotopic (exact) mass is 362 g/mol. The van der Waals surface area contributed by atoms with E-state index >= 15 is 0 Å². The van der Waals surface area contributed by atoms with Gasteiger partial charge in [-0.15, -0.1) is 0 Å². The lowest BCUT2D eigenvalue weighted by molar-refractivity contribution is 0.0963. The molecule has 0 bridgehead atoms. The number of hydrogen-bond donors (Lipinski definition) is 0. The number of fused-ring (bicyclic) bond motifs is 1. The fourth-order valence-corrected chi connectivity index (χ4v) is 3.92. The molecule has 5 nitrogen and oxygen atoms in total. The maximum Gasteiger partial charge on any atom is 0.167 e. The zero-order chi connectivity index (χ0) is 19.0. The number of carbonyl (C=O) groups is 1. The van der Waals surface area contributed by atoms with E-state index in [2.05, 4.69) is 5.10 Å². The van der Waals surface area contributed by atoms with Crippen LogP contribution in [0.15, 0.2) is 48.5 Å². The topological polar surface area (TPSA) is 53.4 Å². The van der Waals surface area contributed by atoms with Crippen LogP contribution in [0.25, 0.3) is 5.69 Å². The molecular formula is C22H22N2O3. The third-order valence-corrected chi connectivity index (χ3v) is 5.20. The molecule has 0 N–H and O–H groups in total. The van der Waals surface area contributed by atoms with E-state index in [0.717, 1.165) is 46.1 Å². The number of benzene rings is 2. The maximum atomic E-state index is 12.9. The molecule has 0 spiro atoms. The summed E-state index contributed by atoms with van der Waals surface area (Å²) in [5.74, 6) is 1.84. The minimum Gasteiger partial charge on any atom is -0.497 e. The smallest absolute Gasteiger partial charge is 0.167 e. The standard InChI is InChI=1S/C22H22N2O3/c1-14-22-19(24(23-14)16-8-10-17(26-2)11-9-16)12-15(13-20(22)25)18-6-4-5-7-21(18)27-3/h4-11,15H,12-13H2,1-3H3/t15-/m0/s1. The van der Waals surface area contributed by atoms with Crippen LogP contribution in [0.5, 0.6) is 11.5 Å². The minimum atomic E-state index is 0.0780. The molecule has 138 valence electrons. The molecule has 0 unspecified atom stereocenters. The van der Waals surface area contributed by atoms with Gasteiger partial charge < -0.3 is 9.47 Å². The van der Waals surface area contributed by atoms with Gasteiger partial charge in [0.1, 0.15) is 11.5 Å². The van der Waals surface area contributed by atoms with Gasteiger partial charge in [0.15, 0.2) is 5.78 Å². The lowest BCUT2D eigenvalue weighted by Crippen LogP contribution is -2.21. The predicted molar refractivity (Wildman–Crippen MR) is 103 cm³/mol. The van der Waals surface area contributed by atoms with Crippen LogP contribution in [0.3, 0.4) is 0 Å². The van der Waals surface area contributed by atoms with Crippen molar-refractivity contribution in [1.29, 1.82) is 0 Å². The van der Waals surface area contributed by atoms with Gasteiger partial charge in [-0.1, -0.05) is 18.2 Å². The second-order valence-electron chi connectivity index (χ2n) is 6.79. The summed E-state index contributed by atoms with van der Waals surface area (Å²) < 4.78 is 12.7. The van der Waals surface area contributed by atoms with Gasteiger partial charge in [0.25, 0.3) is 0 Å². The van der Waals surface area contributed by atoms with Crippen LogP contribution in [0.1, 0.15) is 39.6 Å². The number of rotatable bonds is 4. The van der Waals surface area contributed by atoms with Gasteiger partial charge in [-0.3, -0.25) is 4.79 Å². The SMILES string of the molecule is COc1ccc(-n2nc(C)c3c2C[C@H](c2ccccc2OC)CC3=O)cc1. The third-order valence-electron chi connectivity index (χ3n) is 5.20. The van der Waals surface area contributed by atoms with Crippen LogP contribution < -0.4 is 9.47 Å². The van der Waals surface area contributed by atoms with Crippen molar-refractivity contribution in [2.45, 2.75) is 25.7 Å². The molecule has 1 aromatic heterocycles. The highest BCUT2D eigenvalue weighted by molar-refractivity contribution is 6.00. The van der Waals surface area contributed by atoms with Gasteiger partial charge in [0.2, 0.25) is 0 Å². The summed E-state index contributed by atoms with van der Waals surface area (Å²) >= 11 is 0. The number of Topliss-reactive ketones (excluding diaryl/α,β-unsaturated/α-hetero) is 1. The van der Waals surface area contributed by atoms with E-state index in [0.29, 0.717) is 6.42 Å². The molecule has 1 aliphatic carbocycles. The quantitative estimate of drug-likeness (QED) is 0.701. The van der Waals surface area contributed by atoms with E-state index in [4.69, 9.17) is 9.47 Å². The van der Waals surface area contributed by atoms with E-state index in [1.807, 2.05) is 60.1 Å².